The Morgan fingerprint density at radius 1 is 0.404 bits per heavy atom. The summed E-state index contributed by atoms with van der Waals surface area (Å²) in [6.07, 6.45) is 0. The van der Waals surface area contributed by atoms with Crippen molar-refractivity contribution in [3.8, 4) is 45.3 Å². The topological polar surface area (TPSA) is 77.4 Å². The Labute approximate surface area is 290 Å². The van der Waals surface area contributed by atoms with Gasteiger partial charge in [-0.25, -0.2) is 0 Å². The SMILES string of the molecule is Clc1ccc(OP(Oc2ccccc2)Oc2ccccc2)cc1.OP(O)Oc1cccc(-c2ccc(Cl)cc2)c1-c1ccc(Cl)cc1. The van der Waals surface area contributed by atoms with Crippen LogP contribution in [0.15, 0.2) is 152 Å². The van der Waals surface area contributed by atoms with Gasteiger partial charge in [-0.3, -0.25) is 0 Å². The molecule has 6 nitrogen and oxygen atoms in total. The largest absolute Gasteiger partial charge is 0.530 e. The van der Waals surface area contributed by atoms with Crippen molar-refractivity contribution in [1.29, 1.82) is 0 Å². The molecule has 0 aliphatic carbocycles. The van der Waals surface area contributed by atoms with E-state index in [1.807, 2.05) is 91.0 Å². The van der Waals surface area contributed by atoms with Gasteiger partial charge in [0.1, 0.15) is 23.0 Å². The third-order valence-electron chi connectivity index (χ3n) is 6.33. The Bertz CT molecular complexity index is 1790. The maximum atomic E-state index is 9.28. The van der Waals surface area contributed by atoms with E-state index < -0.39 is 17.2 Å². The van der Waals surface area contributed by atoms with Gasteiger partial charge in [0.15, 0.2) is 0 Å². The molecule has 0 saturated heterocycles. The Kier molecular flexibility index (Phi) is 12.7. The molecule has 0 spiro atoms. The summed E-state index contributed by atoms with van der Waals surface area (Å²) in [5, 5.41) is 1.92. The van der Waals surface area contributed by atoms with E-state index >= 15 is 0 Å². The molecule has 0 amide bonds. The number of halogens is 3. The van der Waals surface area contributed by atoms with Crippen LogP contribution in [0.4, 0.5) is 0 Å². The van der Waals surface area contributed by atoms with Gasteiger partial charge in [0.2, 0.25) is 0 Å². The molecule has 11 heteroatoms. The fourth-order valence-electron chi connectivity index (χ4n) is 4.25. The van der Waals surface area contributed by atoms with Crippen LogP contribution in [0, 0.1) is 0 Å². The quantitative estimate of drug-likeness (QED) is 0.137. The zero-order valence-electron chi connectivity index (χ0n) is 24.5. The zero-order valence-corrected chi connectivity index (χ0v) is 28.5. The summed E-state index contributed by atoms with van der Waals surface area (Å²) >= 11 is 17.8. The van der Waals surface area contributed by atoms with Crippen molar-refractivity contribution in [2.24, 2.45) is 0 Å². The highest BCUT2D eigenvalue weighted by Gasteiger charge is 2.20. The smallest absolute Gasteiger partial charge is 0.426 e. The summed E-state index contributed by atoms with van der Waals surface area (Å²) in [6, 6.07) is 46.1. The van der Waals surface area contributed by atoms with Crippen molar-refractivity contribution >= 4 is 52.0 Å². The van der Waals surface area contributed by atoms with Crippen molar-refractivity contribution in [3.63, 3.8) is 0 Å². The maximum absolute atomic E-state index is 9.28. The van der Waals surface area contributed by atoms with Gasteiger partial charge in [0, 0.05) is 20.6 Å². The highest BCUT2D eigenvalue weighted by molar-refractivity contribution is 7.43. The Morgan fingerprint density at radius 2 is 0.830 bits per heavy atom. The van der Waals surface area contributed by atoms with Crippen LogP contribution in [0.3, 0.4) is 0 Å². The molecule has 0 unspecified atom stereocenters. The maximum Gasteiger partial charge on any atom is 0.530 e. The molecule has 0 bridgehead atoms. The number of para-hydroxylation sites is 2. The lowest BCUT2D eigenvalue weighted by Crippen LogP contribution is -2.02. The van der Waals surface area contributed by atoms with E-state index in [1.165, 1.54) is 0 Å². The standard InChI is InChI=1S/C18H13Cl2O3P.C18H14ClO3P/c19-14-8-4-12(5-9-14)16-2-1-3-17(23-24(21)22)18(16)13-6-10-15(20)11-7-13;19-15-11-13-18(14-12-15)22-23(20-16-7-3-1-4-8-16)21-17-9-5-2-6-10-17/h1-11,21-22H;1-14H. The van der Waals surface area contributed by atoms with E-state index in [2.05, 4.69) is 0 Å². The first-order valence-corrected chi connectivity index (χ1v) is 17.4. The number of hydrogen-bond donors (Lipinski definition) is 2. The number of rotatable bonds is 10. The average molecular weight is 724 g/mol. The molecule has 6 aromatic rings. The minimum absolute atomic E-state index is 0.390. The van der Waals surface area contributed by atoms with Crippen LogP contribution >= 0.6 is 52.0 Å². The van der Waals surface area contributed by atoms with Crippen LogP contribution in [0.1, 0.15) is 0 Å². The average Bonchev–Trinajstić information content (AvgIpc) is 3.08. The third-order valence-corrected chi connectivity index (χ3v) is 8.53. The van der Waals surface area contributed by atoms with Gasteiger partial charge >= 0.3 is 17.2 Å². The lowest BCUT2D eigenvalue weighted by molar-refractivity contribution is 0.375. The molecule has 0 saturated carbocycles. The molecule has 6 aromatic carbocycles. The zero-order chi connectivity index (χ0) is 33.0. The normalized spacial score (nSPS) is 10.6. The molecule has 0 fully saturated rings. The fourth-order valence-corrected chi connectivity index (χ4v) is 5.95. The van der Waals surface area contributed by atoms with E-state index in [9.17, 15) is 9.79 Å². The van der Waals surface area contributed by atoms with E-state index in [-0.39, 0.29) is 0 Å². The molecular formula is C36H27Cl3O6P2. The summed E-state index contributed by atoms with van der Waals surface area (Å²) < 4.78 is 22.8. The van der Waals surface area contributed by atoms with Crippen LogP contribution in [0.2, 0.25) is 15.1 Å². The van der Waals surface area contributed by atoms with Gasteiger partial charge in [-0.15, -0.1) is 0 Å². The molecule has 0 radical (unpaired) electrons. The van der Waals surface area contributed by atoms with E-state index in [0.717, 1.165) is 22.3 Å². The summed E-state index contributed by atoms with van der Waals surface area (Å²) in [5.41, 5.74) is 3.45. The minimum atomic E-state index is -2.52. The second-order valence-corrected chi connectivity index (χ2v) is 12.6. The summed E-state index contributed by atoms with van der Waals surface area (Å²) in [4.78, 5) is 18.6. The van der Waals surface area contributed by atoms with Crippen LogP contribution in [0.5, 0.6) is 23.0 Å². The van der Waals surface area contributed by atoms with E-state index in [1.54, 1.807) is 60.7 Å². The van der Waals surface area contributed by atoms with Gasteiger partial charge in [-0.1, -0.05) is 108 Å². The second kappa shape index (κ2) is 17.4. The predicted molar refractivity (Wildman–Crippen MR) is 192 cm³/mol. The van der Waals surface area contributed by atoms with E-state index in [0.29, 0.717) is 38.1 Å². The molecule has 0 aliphatic heterocycles. The molecule has 0 aromatic heterocycles. The molecule has 6 rings (SSSR count). The highest BCUT2D eigenvalue weighted by atomic mass is 35.5. The van der Waals surface area contributed by atoms with Crippen molar-refractivity contribution in [2.75, 3.05) is 0 Å². The number of hydrogen-bond acceptors (Lipinski definition) is 6. The lowest BCUT2D eigenvalue weighted by Gasteiger charge is -2.17. The molecule has 0 atom stereocenters. The molecule has 2 N–H and O–H groups in total. The Balaban J connectivity index is 0.000000185. The molecule has 47 heavy (non-hydrogen) atoms. The minimum Gasteiger partial charge on any atom is -0.426 e. The van der Waals surface area contributed by atoms with E-state index in [4.69, 9.17) is 52.9 Å². The Hall–Kier alpha value is -3.83. The van der Waals surface area contributed by atoms with Gasteiger partial charge in [-0.05, 0) is 95.6 Å². The van der Waals surface area contributed by atoms with Crippen molar-refractivity contribution in [2.45, 2.75) is 0 Å². The third kappa shape index (κ3) is 10.6. The summed E-state index contributed by atoms with van der Waals surface area (Å²) in [6.45, 7) is 0. The van der Waals surface area contributed by atoms with Crippen molar-refractivity contribution in [3.05, 3.63) is 167 Å². The van der Waals surface area contributed by atoms with Crippen LogP contribution in [0.25, 0.3) is 22.3 Å². The van der Waals surface area contributed by atoms with Crippen LogP contribution in [-0.2, 0) is 0 Å². The summed E-state index contributed by atoms with van der Waals surface area (Å²) in [7, 11) is -4.17. The molecule has 0 aliphatic rings. The highest BCUT2D eigenvalue weighted by Crippen LogP contribution is 2.44. The van der Waals surface area contributed by atoms with Crippen molar-refractivity contribution < 1.29 is 27.9 Å². The van der Waals surface area contributed by atoms with Crippen LogP contribution < -0.4 is 18.1 Å². The van der Waals surface area contributed by atoms with Gasteiger partial charge in [0.05, 0.1) is 0 Å². The first-order chi connectivity index (χ1) is 22.8. The monoisotopic (exact) mass is 722 g/mol. The lowest BCUT2D eigenvalue weighted by atomic mass is 9.94. The second-order valence-electron chi connectivity index (χ2n) is 9.61. The molecular weight excluding hydrogens is 697 g/mol. The van der Waals surface area contributed by atoms with Crippen LogP contribution in [-0.4, -0.2) is 9.79 Å². The first-order valence-electron chi connectivity index (χ1n) is 14.0. The number of benzene rings is 6. The van der Waals surface area contributed by atoms with Crippen molar-refractivity contribution in [1.82, 2.24) is 0 Å². The molecule has 0 heterocycles. The van der Waals surface area contributed by atoms with Gasteiger partial charge in [-0.2, -0.15) is 0 Å². The summed E-state index contributed by atoms with van der Waals surface area (Å²) in [5.74, 6) is 2.39. The Morgan fingerprint density at radius 3 is 1.30 bits per heavy atom. The first kappa shape index (κ1) is 34.5. The molecule has 238 valence electrons. The predicted octanol–water partition coefficient (Wildman–Crippen LogP) is 12.0. The fraction of sp³-hybridized carbons (Fsp3) is 0. The van der Waals surface area contributed by atoms with Gasteiger partial charge < -0.3 is 27.9 Å². The van der Waals surface area contributed by atoms with Gasteiger partial charge in [0.25, 0.3) is 0 Å².